The van der Waals surface area contributed by atoms with Gasteiger partial charge < -0.3 is 20.3 Å². The summed E-state index contributed by atoms with van der Waals surface area (Å²) in [6, 6.07) is -0.645. The molecular weight excluding hydrogens is 731 g/mol. The molecule has 0 aromatic heterocycles. The number of carbonyl (C=O) groups is 2. The average Bonchev–Trinajstić information content (AvgIpc) is 3.24. The van der Waals surface area contributed by atoms with Crippen LogP contribution >= 0.6 is 0 Å². The molecule has 2 atom stereocenters. The van der Waals surface area contributed by atoms with E-state index in [1.807, 2.05) is 6.08 Å². The van der Waals surface area contributed by atoms with Crippen molar-refractivity contribution in [2.45, 2.75) is 276 Å². The van der Waals surface area contributed by atoms with Crippen molar-refractivity contribution in [2.24, 2.45) is 0 Å². The molecule has 59 heavy (non-hydrogen) atoms. The van der Waals surface area contributed by atoms with Gasteiger partial charge in [-0.15, -0.1) is 0 Å². The fraction of sp³-hybridized carbons (Fsp3) is 0.849. The number of aliphatic hydroxyl groups excluding tert-OH is 2. The molecule has 1 amide bonds. The van der Waals surface area contributed by atoms with Crippen LogP contribution in [0.5, 0.6) is 0 Å². The van der Waals surface area contributed by atoms with Crippen LogP contribution in [0.2, 0.25) is 0 Å². The highest BCUT2D eigenvalue weighted by Gasteiger charge is 2.18. The van der Waals surface area contributed by atoms with Crippen molar-refractivity contribution >= 4 is 11.9 Å². The van der Waals surface area contributed by atoms with Crippen LogP contribution in [0, 0.1) is 0 Å². The molecule has 3 N–H and O–H groups in total. The van der Waals surface area contributed by atoms with Crippen molar-refractivity contribution in [3.05, 3.63) is 36.5 Å². The summed E-state index contributed by atoms with van der Waals surface area (Å²) < 4.78 is 5.46. The molecule has 0 saturated heterocycles. The van der Waals surface area contributed by atoms with Gasteiger partial charge in [-0.25, -0.2) is 0 Å². The van der Waals surface area contributed by atoms with Gasteiger partial charge in [0.1, 0.15) is 0 Å². The molecule has 0 spiro atoms. The maximum absolute atomic E-state index is 12.4. The highest BCUT2D eigenvalue weighted by molar-refractivity contribution is 5.76. The summed E-state index contributed by atoms with van der Waals surface area (Å²) in [5, 5.41) is 23.0. The molecule has 0 aliphatic carbocycles. The highest BCUT2D eigenvalue weighted by Crippen LogP contribution is 2.15. The number of carbonyl (C=O) groups excluding carboxylic acids is 2. The number of hydrogen-bond donors (Lipinski definition) is 3. The summed E-state index contributed by atoms with van der Waals surface area (Å²) in [6.45, 7) is 4.82. The van der Waals surface area contributed by atoms with E-state index in [0.717, 1.165) is 64.2 Å². The number of ether oxygens (including phenoxy) is 1. The molecule has 6 nitrogen and oxygen atoms in total. The Kier molecular flexibility index (Phi) is 47.2. The number of hydrogen-bond acceptors (Lipinski definition) is 5. The van der Waals surface area contributed by atoms with E-state index in [1.165, 1.54) is 173 Å². The van der Waals surface area contributed by atoms with Gasteiger partial charge in [0.05, 0.1) is 25.4 Å². The van der Waals surface area contributed by atoms with Gasteiger partial charge in [-0.1, -0.05) is 224 Å². The zero-order valence-electron chi connectivity index (χ0n) is 39.2. The lowest BCUT2D eigenvalue weighted by Crippen LogP contribution is -2.45. The van der Waals surface area contributed by atoms with Gasteiger partial charge >= 0.3 is 5.97 Å². The van der Waals surface area contributed by atoms with Crippen LogP contribution in [0.25, 0.3) is 0 Å². The lowest BCUT2D eigenvalue weighted by atomic mass is 10.0. The van der Waals surface area contributed by atoms with Gasteiger partial charge in [-0.05, 0) is 64.2 Å². The summed E-state index contributed by atoms with van der Waals surface area (Å²) >= 11 is 0. The van der Waals surface area contributed by atoms with Crippen molar-refractivity contribution in [2.75, 3.05) is 13.2 Å². The molecule has 2 unspecified atom stereocenters. The third kappa shape index (κ3) is 45.4. The van der Waals surface area contributed by atoms with E-state index < -0.39 is 12.1 Å². The second kappa shape index (κ2) is 48.7. The largest absolute Gasteiger partial charge is 0.466 e. The standard InChI is InChI=1S/C53H99NO5/c1-3-5-7-9-11-13-15-17-19-20-21-22-24-26-31-35-39-43-47-53(58)59-48-44-40-36-32-28-27-30-34-38-42-46-52(57)54-50(49-55)51(56)45-41-37-33-29-25-23-18-16-14-12-10-8-6-4-2/h13,15,19-20,41,45,50-51,55-56H,3-12,14,16-18,21-40,42-44,46-49H2,1-2H3,(H,54,57)/b15-13-,20-19-,45-41+. The van der Waals surface area contributed by atoms with Crippen molar-refractivity contribution < 1.29 is 24.5 Å². The predicted octanol–water partition coefficient (Wildman–Crippen LogP) is 15.3. The number of rotatable bonds is 47. The molecule has 0 aliphatic heterocycles. The van der Waals surface area contributed by atoms with Crippen molar-refractivity contribution in [1.82, 2.24) is 5.32 Å². The normalized spacial score (nSPS) is 12.9. The van der Waals surface area contributed by atoms with Crippen LogP contribution in [-0.2, 0) is 14.3 Å². The van der Waals surface area contributed by atoms with E-state index in [-0.39, 0.29) is 18.5 Å². The van der Waals surface area contributed by atoms with Gasteiger partial charge in [0, 0.05) is 12.8 Å². The minimum Gasteiger partial charge on any atom is -0.466 e. The predicted molar refractivity (Wildman–Crippen MR) is 255 cm³/mol. The third-order valence-corrected chi connectivity index (χ3v) is 11.7. The van der Waals surface area contributed by atoms with Gasteiger partial charge in [0.25, 0.3) is 0 Å². The van der Waals surface area contributed by atoms with Gasteiger partial charge in [-0.3, -0.25) is 9.59 Å². The summed E-state index contributed by atoms with van der Waals surface area (Å²) in [7, 11) is 0. The second-order valence-electron chi connectivity index (χ2n) is 17.5. The Morgan fingerprint density at radius 2 is 0.847 bits per heavy atom. The summed E-state index contributed by atoms with van der Waals surface area (Å²) in [5.41, 5.74) is 0. The molecule has 0 bridgehead atoms. The molecule has 0 aromatic carbocycles. The Morgan fingerprint density at radius 1 is 0.475 bits per heavy atom. The van der Waals surface area contributed by atoms with E-state index in [9.17, 15) is 19.8 Å². The first kappa shape index (κ1) is 57.1. The van der Waals surface area contributed by atoms with E-state index in [1.54, 1.807) is 6.08 Å². The Balaban J connectivity index is 3.51. The summed E-state index contributed by atoms with van der Waals surface area (Å²) in [5.74, 6) is -0.121. The summed E-state index contributed by atoms with van der Waals surface area (Å²) in [6.07, 6.45) is 58.5. The molecular formula is C53H99NO5. The Hall–Kier alpha value is -1.92. The SMILES string of the molecule is CCCCCC/C=C\C/C=C\CCCCCCCCCC(=O)OCCCCCCCCCCCCC(=O)NC(CO)C(O)/C=C/CCCCCCCCCCCCCC. The molecule has 0 aliphatic rings. The van der Waals surface area contributed by atoms with E-state index in [0.29, 0.717) is 19.4 Å². The van der Waals surface area contributed by atoms with Crippen molar-refractivity contribution in [1.29, 1.82) is 0 Å². The molecule has 0 rings (SSSR count). The highest BCUT2D eigenvalue weighted by atomic mass is 16.5. The Labute approximate surface area is 366 Å². The first-order valence-corrected chi connectivity index (χ1v) is 25.8. The molecule has 0 saturated carbocycles. The monoisotopic (exact) mass is 830 g/mol. The third-order valence-electron chi connectivity index (χ3n) is 11.7. The first-order valence-electron chi connectivity index (χ1n) is 25.8. The van der Waals surface area contributed by atoms with Gasteiger partial charge in [0.15, 0.2) is 0 Å². The first-order chi connectivity index (χ1) is 29.0. The molecule has 0 heterocycles. The number of esters is 1. The zero-order chi connectivity index (χ0) is 43.0. The Morgan fingerprint density at radius 3 is 1.31 bits per heavy atom. The molecule has 0 fully saturated rings. The number of nitrogens with one attached hydrogen (secondary N) is 1. The van der Waals surface area contributed by atoms with Gasteiger partial charge in [0.2, 0.25) is 5.91 Å². The quantitative estimate of drug-likeness (QED) is 0.0323. The van der Waals surface area contributed by atoms with Crippen LogP contribution in [0.4, 0.5) is 0 Å². The van der Waals surface area contributed by atoms with E-state index >= 15 is 0 Å². The molecule has 6 heteroatoms. The fourth-order valence-electron chi connectivity index (χ4n) is 7.66. The Bertz CT molecular complexity index is 962. The minimum atomic E-state index is -0.859. The van der Waals surface area contributed by atoms with Crippen LogP contribution in [0.1, 0.15) is 264 Å². The number of aliphatic hydroxyl groups is 2. The van der Waals surface area contributed by atoms with E-state index in [4.69, 9.17) is 4.74 Å². The maximum atomic E-state index is 12.4. The molecule has 346 valence electrons. The number of amides is 1. The lowest BCUT2D eigenvalue weighted by Gasteiger charge is -2.20. The van der Waals surface area contributed by atoms with E-state index in [2.05, 4.69) is 43.5 Å². The smallest absolute Gasteiger partial charge is 0.305 e. The average molecular weight is 830 g/mol. The minimum absolute atomic E-state index is 0.0287. The number of allylic oxidation sites excluding steroid dienone is 5. The van der Waals surface area contributed by atoms with Crippen molar-refractivity contribution in [3.8, 4) is 0 Å². The van der Waals surface area contributed by atoms with Crippen LogP contribution < -0.4 is 5.32 Å². The maximum Gasteiger partial charge on any atom is 0.305 e. The zero-order valence-corrected chi connectivity index (χ0v) is 39.2. The lowest BCUT2D eigenvalue weighted by molar-refractivity contribution is -0.143. The topological polar surface area (TPSA) is 95.9 Å². The second-order valence-corrected chi connectivity index (χ2v) is 17.5. The van der Waals surface area contributed by atoms with Crippen molar-refractivity contribution in [3.63, 3.8) is 0 Å². The van der Waals surface area contributed by atoms with Crippen LogP contribution in [0.3, 0.4) is 0 Å². The molecule has 0 radical (unpaired) electrons. The fourth-order valence-corrected chi connectivity index (χ4v) is 7.66. The molecule has 0 aromatic rings. The van der Waals surface area contributed by atoms with Crippen LogP contribution in [-0.4, -0.2) is 47.4 Å². The number of unbranched alkanes of at least 4 members (excludes halogenated alkanes) is 32. The summed E-state index contributed by atoms with van der Waals surface area (Å²) in [4.78, 5) is 24.5. The van der Waals surface area contributed by atoms with Gasteiger partial charge in [-0.2, -0.15) is 0 Å². The van der Waals surface area contributed by atoms with Crippen LogP contribution in [0.15, 0.2) is 36.5 Å².